The van der Waals surface area contributed by atoms with E-state index in [0.717, 1.165) is 19.6 Å². The Morgan fingerprint density at radius 3 is 2.72 bits per heavy atom. The largest absolute Gasteiger partial charge is 0.380 e. The van der Waals surface area contributed by atoms with E-state index in [2.05, 4.69) is 19.2 Å². The smallest absolute Gasteiger partial charge is 0.0724 e. The predicted octanol–water partition coefficient (Wildman–Crippen LogP) is 3.13. The van der Waals surface area contributed by atoms with Gasteiger partial charge in [-0.15, -0.1) is 0 Å². The third-order valence-electron chi connectivity index (χ3n) is 3.86. The minimum absolute atomic E-state index is 0.361. The average Bonchev–Trinajstić information content (AvgIpc) is 2.88. The van der Waals surface area contributed by atoms with Gasteiger partial charge in [-0.2, -0.15) is 0 Å². The molecule has 3 unspecified atom stereocenters. The molecule has 0 aromatic heterocycles. The van der Waals surface area contributed by atoms with Crippen LogP contribution in [0.1, 0.15) is 58.8 Å². The van der Waals surface area contributed by atoms with E-state index in [1.54, 1.807) is 0 Å². The summed E-state index contributed by atoms with van der Waals surface area (Å²) in [5, 5.41) is 3.58. The van der Waals surface area contributed by atoms with Crippen LogP contribution < -0.4 is 5.32 Å². The first-order valence-electron chi connectivity index (χ1n) is 7.69. The molecule has 108 valence electrons. The molecule has 0 aromatic carbocycles. The maximum absolute atomic E-state index is 5.68. The fourth-order valence-corrected chi connectivity index (χ4v) is 2.89. The molecule has 0 saturated carbocycles. The number of hydrogen-bond donors (Lipinski definition) is 1. The van der Waals surface area contributed by atoms with Crippen molar-refractivity contribution in [2.45, 2.75) is 77.0 Å². The van der Waals surface area contributed by atoms with Gasteiger partial charge in [-0.05, 0) is 45.1 Å². The second-order valence-electron chi connectivity index (χ2n) is 5.29. The Balaban J connectivity index is 2.26. The van der Waals surface area contributed by atoms with E-state index in [1.165, 1.54) is 38.5 Å². The van der Waals surface area contributed by atoms with Crippen molar-refractivity contribution in [2.75, 3.05) is 20.3 Å². The number of hydrogen-bond acceptors (Lipinski definition) is 3. The summed E-state index contributed by atoms with van der Waals surface area (Å²) in [7, 11) is 1.84. The topological polar surface area (TPSA) is 30.5 Å². The lowest BCUT2D eigenvalue weighted by Gasteiger charge is -2.27. The van der Waals surface area contributed by atoms with Crippen LogP contribution >= 0.6 is 0 Å². The Morgan fingerprint density at radius 2 is 2.17 bits per heavy atom. The van der Waals surface area contributed by atoms with Gasteiger partial charge in [0.1, 0.15) is 0 Å². The zero-order chi connectivity index (χ0) is 13.2. The molecule has 0 radical (unpaired) electrons. The molecule has 3 heteroatoms. The van der Waals surface area contributed by atoms with Crippen molar-refractivity contribution in [1.29, 1.82) is 0 Å². The minimum atomic E-state index is 0.361. The normalized spacial score (nSPS) is 23.2. The number of ether oxygens (including phenoxy) is 2. The maximum Gasteiger partial charge on any atom is 0.0724 e. The highest BCUT2D eigenvalue weighted by Gasteiger charge is 2.21. The number of nitrogens with one attached hydrogen (secondary N) is 1. The lowest BCUT2D eigenvalue weighted by molar-refractivity contribution is 0.0543. The standard InChI is InChI=1S/C15H31NO2/c1-4-8-15(17-3)14(16-5-2)11-6-9-13-10-7-12-18-13/h13-16H,4-12H2,1-3H3. The summed E-state index contributed by atoms with van der Waals surface area (Å²) in [5.41, 5.74) is 0. The highest BCUT2D eigenvalue weighted by Crippen LogP contribution is 2.20. The highest BCUT2D eigenvalue weighted by atomic mass is 16.5. The van der Waals surface area contributed by atoms with Gasteiger partial charge in [0, 0.05) is 19.8 Å². The summed E-state index contributed by atoms with van der Waals surface area (Å²) in [5.74, 6) is 0. The Labute approximate surface area is 113 Å². The molecule has 18 heavy (non-hydrogen) atoms. The maximum atomic E-state index is 5.68. The molecule has 0 aromatic rings. The first kappa shape index (κ1) is 15.9. The van der Waals surface area contributed by atoms with Gasteiger partial charge in [-0.3, -0.25) is 0 Å². The van der Waals surface area contributed by atoms with Gasteiger partial charge in [0.2, 0.25) is 0 Å². The summed E-state index contributed by atoms with van der Waals surface area (Å²) >= 11 is 0. The molecule has 3 atom stereocenters. The molecule has 3 nitrogen and oxygen atoms in total. The monoisotopic (exact) mass is 257 g/mol. The van der Waals surface area contributed by atoms with Crippen molar-refractivity contribution in [3.8, 4) is 0 Å². The van der Waals surface area contributed by atoms with Crippen LogP contribution in [0.15, 0.2) is 0 Å². The average molecular weight is 257 g/mol. The van der Waals surface area contributed by atoms with Crippen LogP contribution in [0, 0.1) is 0 Å². The minimum Gasteiger partial charge on any atom is -0.380 e. The van der Waals surface area contributed by atoms with Crippen LogP contribution in [-0.4, -0.2) is 38.5 Å². The molecule has 0 aliphatic carbocycles. The highest BCUT2D eigenvalue weighted by molar-refractivity contribution is 4.77. The van der Waals surface area contributed by atoms with E-state index in [4.69, 9.17) is 9.47 Å². The third kappa shape index (κ3) is 5.68. The Bertz CT molecular complexity index is 193. The van der Waals surface area contributed by atoms with Crippen LogP contribution in [0.2, 0.25) is 0 Å². The fourth-order valence-electron chi connectivity index (χ4n) is 2.89. The summed E-state index contributed by atoms with van der Waals surface area (Å²) in [4.78, 5) is 0. The lowest BCUT2D eigenvalue weighted by Crippen LogP contribution is -2.41. The fraction of sp³-hybridized carbons (Fsp3) is 1.00. The van der Waals surface area contributed by atoms with Gasteiger partial charge in [0.05, 0.1) is 12.2 Å². The summed E-state index contributed by atoms with van der Waals surface area (Å²) < 4.78 is 11.3. The van der Waals surface area contributed by atoms with E-state index >= 15 is 0 Å². The second-order valence-corrected chi connectivity index (χ2v) is 5.29. The van der Waals surface area contributed by atoms with Crippen molar-refractivity contribution < 1.29 is 9.47 Å². The van der Waals surface area contributed by atoms with E-state index < -0.39 is 0 Å². The van der Waals surface area contributed by atoms with Crippen LogP contribution in [0.3, 0.4) is 0 Å². The number of methoxy groups -OCH3 is 1. The van der Waals surface area contributed by atoms with Crippen molar-refractivity contribution in [3.05, 3.63) is 0 Å². The van der Waals surface area contributed by atoms with Crippen LogP contribution in [-0.2, 0) is 9.47 Å². The van der Waals surface area contributed by atoms with Gasteiger partial charge in [-0.25, -0.2) is 0 Å². The van der Waals surface area contributed by atoms with Gasteiger partial charge in [0.25, 0.3) is 0 Å². The molecule has 1 saturated heterocycles. The first-order chi connectivity index (χ1) is 8.81. The molecule has 1 N–H and O–H groups in total. The van der Waals surface area contributed by atoms with Crippen molar-refractivity contribution >= 4 is 0 Å². The van der Waals surface area contributed by atoms with Crippen LogP contribution in [0.25, 0.3) is 0 Å². The van der Waals surface area contributed by atoms with E-state index in [9.17, 15) is 0 Å². The third-order valence-corrected chi connectivity index (χ3v) is 3.86. The molecule has 1 fully saturated rings. The second kappa shape index (κ2) is 9.76. The molecule has 0 bridgehead atoms. The predicted molar refractivity (Wildman–Crippen MR) is 76.0 cm³/mol. The Kier molecular flexibility index (Phi) is 8.64. The van der Waals surface area contributed by atoms with E-state index in [1.807, 2.05) is 7.11 Å². The van der Waals surface area contributed by atoms with Gasteiger partial charge >= 0.3 is 0 Å². The molecule has 0 spiro atoms. The van der Waals surface area contributed by atoms with E-state index in [-0.39, 0.29) is 0 Å². The number of likely N-dealkylation sites (N-methyl/N-ethyl adjacent to an activating group) is 1. The van der Waals surface area contributed by atoms with Gasteiger partial charge < -0.3 is 14.8 Å². The number of rotatable bonds is 10. The molecule has 0 amide bonds. The van der Waals surface area contributed by atoms with Gasteiger partial charge in [-0.1, -0.05) is 20.3 Å². The summed E-state index contributed by atoms with van der Waals surface area (Å²) in [6, 6.07) is 0.501. The molecular formula is C15H31NO2. The molecule has 1 aliphatic rings. The van der Waals surface area contributed by atoms with Crippen LogP contribution in [0.4, 0.5) is 0 Å². The molecule has 1 aliphatic heterocycles. The zero-order valence-electron chi connectivity index (χ0n) is 12.4. The molecule has 1 heterocycles. The van der Waals surface area contributed by atoms with Crippen molar-refractivity contribution in [3.63, 3.8) is 0 Å². The Hall–Kier alpha value is -0.120. The van der Waals surface area contributed by atoms with Crippen molar-refractivity contribution in [2.24, 2.45) is 0 Å². The lowest BCUT2D eigenvalue weighted by atomic mass is 9.98. The molecular weight excluding hydrogens is 226 g/mol. The van der Waals surface area contributed by atoms with Gasteiger partial charge in [0.15, 0.2) is 0 Å². The summed E-state index contributed by atoms with van der Waals surface area (Å²) in [6.07, 6.45) is 9.38. The van der Waals surface area contributed by atoms with Crippen molar-refractivity contribution in [1.82, 2.24) is 5.32 Å². The SMILES string of the molecule is CCCC(OC)C(CCCC1CCCO1)NCC. The quantitative estimate of drug-likeness (QED) is 0.652. The zero-order valence-corrected chi connectivity index (χ0v) is 12.4. The summed E-state index contributed by atoms with van der Waals surface area (Å²) in [6.45, 7) is 6.39. The molecule has 1 rings (SSSR count). The first-order valence-corrected chi connectivity index (χ1v) is 7.69. The Morgan fingerprint density at radius 1 is 1.33 bits per heavy atom. The van der Waals surface area contributed by atoms with Crippen LogP contribution in [0.5, 0.6) is 0 Å². The van der Waals surface area contributed by atoms with E-state index in [0.29, 0.717) is 18.2 Å².